The summed E-state index contributed by atoms with van der Waals surface area (Å²) in [6.45, 7) is 3.08. The van der Waals surface area contributed by atoms with Crippen LogP contribution in [0.2, 0.25) is 0 Å². The highest BCUT2D eigenvalue weighted by Gasteiger charge is 2.08. The number of aliphatic hydroxyl groups is 1. The lowest BCUT2D eigenvalue weighted by Crippen LogP contribution is -2.20. The van der Waals surface area contributed by atoms with E-state index in [9.17, 15) is 0 Å². The van der Waals surface area contributed by atoms with Crippen LogP contribution in [0.1, 0.15) is 17.0 Å². The molecule has 1 rings (SSSR count). The number of aliphatic hydroxyl groups excluding tert-OH is 1. The zero-order valence-corrected chi connectivity index (χ0v) is 8.25. The largest absolute Gasteiger partial charge is 0.396 e. The molecule has 0 fully saturated rings. The molecule has 72 valence electrons. The molecule has 0 amide bonds. The van der Waals surface area contributed by atoms with Gasteiger partial charge in [0.1, 0.15) is 0 Å². The van der Waals surface area contributed by atoms with Crippen molar-refractivity contribution in [2.45, 2.75) is 12.8 Å². The van der Waals surface area contributed by atoms with Crippen molar-refractivity contribution in [3.8, 4) is 0 Å². The van der Waals surface area contributed by atoms with E-state index in [-0.39, 0.29) is 12.5 Å². The fraction of sp³-hybridized carbons (Fsp3) is 0.455. The molecule has 0 aliphatic heterocycles. The first-order valence-corrected chi connectivity index (χ1v) is 4.60. The van der Waals surface area contributed by atoms with Crippen molar-refractivity contribution in [3.63, 3.8) is 0 Å². The Bertz CT molecular complexity index is 260. The summed E-state index contributed by atoms with van der Waals surface area (Å²) in [7, 11) is 1.90. The Hall–Kier alpha value is -0.860. The van der Waals surface area contributed by atoms with Crippen LogP contribution in [-0.4, -0.2) is 25.3 Å². The third-order valence-electron chi connectivity index (χ3n) is 2.18. The molecule has 0 saturated heterocycles. The molecular weight excluding hydrogens is 162 g/mol. The summed E-state index contributed by atoms with van der Waals surface area (Å²) >= 11 is 0. The third-order valence-corrected chi connectivity index (χ3v) is 2.18. The summed E-state index contributed by atoms with van der Waals surface area (Å²) in [6.07, 6.45) is 0. The van der Waals surface area contributed by atoms with Crippen molar-refractivity contribution >= 4 is 0 Å². The first-order chi connectivity index (χ1) is 6.27. The van der Waals surface area contributed by atoms with Gasteiger partial charge in [-0.1, -0.05) is 29.8 Å². The van der Waals surface area contributed by atoms with Gasteiger partial charge in [0, 0.05) is 12.5 Å². The minimum atomic E-state index is 0.199. The monoisotopic (exact) mass is 179 g/mol. The lowest BCUT2D eigenvalue weighted by atomic mass is 9.98. The quantitative estimate of drug-likeness (QED) is 0.730. The van der Waals surface area contributed by atoms with Crippen LogP contribution in [0, 0.1) is 6.92 Å². The Kier molecular flexibility index (Phi) is 3.93. The summed E-state index contributed by atoms with van der Waals surface area (Å²) in [5.41, 5.74) is 2.45. The van der Waals surface area contributed by atoms with Gasteiger partial charge >= 0.3 is 0 Å². The van der Waals surface area contributed by atoms with Crippen LogP contribution in [-0.2, 0) is 0 Å². The van der Waals surface area contributed by atoms with E-state index in [0.717, 1.165) is 6.54 Å². The Balaban J connectivity index is 2.78. The summed E-state index contributed by atoms with van der Waals surface area (Å²) in [5.74, 6) is 0.213. The van der Waals surface area contributed by atoms with Crippen LogP contribution < -0.4 is 5.32 Å². The predicted octanol–water partition coefficient (Wildman–Crippen LogP) is 1.29. The average Bonchev–Trinajstić information content (AvgIpc) is 2.14. The Morgan fingerprint density at radius 2 is 2.23 bits per heavy atom. The molecule has 1 aromatic carbocycles. The normalized spacial score (nSPS) is 12.8. The summed E-state index contributed by atoms with van der Waals surface area (Å²) in [4.78, 5) is 0. The molecule has 2 heteroatoms. The molecule has 2 N–H and O–H groups in total. The summed E-state index contributed by atoms with van der Waals surface area (Å²) in [6, 6.07) is 8.28. The van der Waals surface area contributed by atoms with Gasteiger partial charge in [-0.05, 0) is 19.5 Å². The lowest BCUT2D eigenvalue weighted by Gasteiger charge is -2.14. The van der Waals surface area contributed by atoms with Gasteiger partial charge in [0.2, 0.25) is 0 Å². The average molecular weight is 179 g/mol. The van der Waals surface area contributed by atoms with Crippen molar-refractivity contribution in [3.05, 3.63) is 35.4 Å². The Labute approximate surface area is 79.6 Å². The molecule has 0 spiro atoms. The van der Waals surface area contributed by atoms with Crippen molar-refractivity contribution in [1.29, 1.82) is 0 Å². The molecule has 2 nitrogen and oxygen atoms in total. The predicted molar refractivity (Wildman–Crippen MR) is 54.9 cm³/mol. The van der Waals surface area contributed by atoms with Crippen LogP contribution in [0.25, 0.3) is 0 Å². The molecule has 0 aromatic heterocycles. The molecule has 0 radical (unpaired) electrons. The zero-order chi connectivity index (χ0) is 9.68. The molecule has 0 bridgehead atoms. The maximum absolute atomic E-state index is 9.16. The summed E-state index contributed by atoms with van der Waals surface area (Å²) in [5, 5.41) is 12.2. The fourth-order valence-corrected chi connectivity index (χ4v) is 1.46. The van der Waals surface area contributed by atoms with Crippen LogP contribution in [0.15, 0.2) is 24.3 Å². The van der Waals surface area contributed by atoms with E-state index < -0.39 is 0 Å². The molecule has 0 aliphatic carbocycles. The van der Waals surface area contributed by atoms with Gasteiger partial charge in [0.05, 0.1) is 6.61 Å². The van der Waals surface area contributed by atoms with Crippen LogP contribution in [0.4, 0.5) is 0 Å². The minimum Gasteiger partial charge on any atom is -0.396 e. The van der Waals surface area contributed by atoms with E-state index in [0.29, 0.717) is 0 Å². The molecule has 1 aromatic rings. The van der Waals surface area contributed by atoms with Gasteiger partial charge in [0.15, 0.2) is 0 Å². The minimum absolute atomic E-state index is 0.199. The number of nitrogens with one attached hydrogen (secondary N) is 1. The highest BCUT2D eigenvalue weighted by molar-refractivity contribution is 5.25. The molecule has 0 aliphatic rings. The molecular formula is C11H17NO. The first-order valence-electron chi connectivity index (χ1n) is 4.60. The van der Waals surface area contributed by atoms with Gasteiger partial charge in [-0.15, -0.1) is 0 Å². The van der Waals surface area contributed by atoms with E-state index in [2.05, 4.69) is 30.4 Å². The maximum atomic E-state index is 9.16. The summed E-state index contributed by atoms with van der Waals surface area (Å²) < 4.78 is 0. The second-order valence-electron chi connectivity index (χ2n) is 3.35. The number of benzene rings is 1. The fourth-order valence-electron chi connectivity index (χ4n) is 1.46. The zero-order valence-electron chi connectivity index (χ0n) is 8.25. The number of hydrogen-bond acceptors (Lipinski definition) is 2. The topological polar surface area (TPSA) is 32.3 Å². The molecule has 13 heavy (non-hydrogen) atoms. The van der Waals surface area contributed by atoms with Gasteiger partial charge < -0.3 is 10.4 Å². The number of aryl methyl sites for hydroxylation is 1. The molecule has 0 heterocycles. The highest BCUT2D eigenvalue weighted by atomic mass is 16.3. The van der Waals surface area contributed by atoms with Crippen molar-refractivity contribution in [2.75, 3.05) is 20.2 Å². The third kappa shape index (κ3) is 2.83. The van der Waals surface area contributed by atoms with Crippen LogP contribution in [0.5, 0.6) is 0 Å². The smallest absolute Gasteiger partial charge is 0.0511 e. The molecule has 1 unspecified atom stereocenters. The van der Waals surface area contributed by atoms with Crippen molar-refractivity contribution in [1.82, 2.24) is 5.32 Å². The van der Waals surface area contributed by atoms with E-state index in [1.165, 1.54) is 11.1 Å². The second kappa shape index (κ2) is 5.00. The number of hydrogen-bond donors (Lipinski definition) is 2. The van der Waals surface area contributed by atoms with Gasteiger partial charge in [0.25, 0.3) is 0 Å². The highest BCUT2D eigenvalue weighted by Crippen LogP contribution is 2.15. The number of likely N-dealkylation sites (N-methyl/N-ethyl adjacent to an activating group) is 1. The molecule has 0 saturated carbocycles. The van der Waals surface area contributed by atoms with Crippen LogP contribution in [0.3, 0.4) is 0 Å². The van der Waals surface area contributed by atoms with Crippen molar-refractivity contribution < 1.29 is 5.11 Å². The Morgan fingerprint density at radius 1 is 1.46 bits per heavy atom. The van der Waals surface area contributed by atoms with Gasteiger partial charge in [-0.25, -0.2) is 0 Å². The molecule has 1 atom stereocenters. The Morgan fingerprint density at radius 3 is 2.77 bits per heavy atom. The van der Waals surface area contributed by atoms with E-state index >= 15 is 0 Å². The van der Waals surface area contributed by atoms with Crippen molar-refractivity contribution in [2.24, 2.45) is 0 Å². The standard InChI is InChI=1S/C11H17NO/c1-9-4-3-5-10(6-9)11(8-13)7-12-2/h3-6,11-13H,7-8H2,1-2H3. The first kappa shape index (κ1) is 10.2. The lowest BCUT2D eigenvalue weighted by molar-refractivity contribution is 0.263. The van der Waals surface area contributed by atoms with E-state index in [4.69, 9.17) is 5.11 Å². The second-order valence-corrected chi connectivity index (χ2v) is 3.35. The van der Waals surface area contributed by atoms with E-state index in [1.807, 2.05) is 13.1 Å². The SMILES string of the molecule is CNCC(CO)c1cccc(C)c1. The van der Waals surface area contributed by atoms with E-state index in [1.54, 1.807) is 0 Å². The number of rotatable bonds is 4. The van der Waals surface area contributed by atoms with Gasteiger partial charge in [-0.3, -0.25) is 0 Å². The van der Waals surface area contributed by atoms with Gasteiger partial charge in [-0.2, -0.15) is 0 Å². The maximum Gasteiger partial charge on any atom is 0.0511 e. The van der Waals surface area contributed by atoms with Crippen LogP contribution >= 0.6 is 0 Å².